The Morgan fingerprint density at radius 2 is 2.08 bits per heavy atom. The maximum absolute atomic E-state index is 12.7. The van der Waals surface area contributed by atoms with Crippen LogP contribution in [0.2, 0.25) is 0 Å². The lowest BCUT2D eigenvalue weighted by atomic mass is 10.1. The molecule has 0 atom stereocenters. The molecule has 0 amide bonds. The van der Waals surface area contributed by atoms with E-state index in [9.17, 15) is 8.42 Å². The number of aryl methyl sites for hydroxylation is 1. The lowest BCUT2D eigenvalue weighted by Gasteiger charge is -2.31. The van der Waals surface area contributed by atoms with Crippen LogP contribution in [0.5, 0.6) is 5.88 Å². The Morgan fingerprint density at radius 1 is 1.32 bits per heavy atom. The van der Waals surface area contributed by atoms with Gasteiger partial charge in [-0.1, -0.05) is 6.07 Å². The maximum Gasteiger partial charge on any atom is 0.244 e. The second kappa shape index (κ2) is 7.17. The smallest absolute Gasteiger partial charge is 0.244 e. The van der Waals surface area contributed by atoms with E-state index in [1.54, 1.807) is 6.20 Å². The van der Waals surface area contributed by atoms with Crippen LogP contribution in [-0.4, -0.2) is 41.9 Å². The summed E-state index contributed by atoms with van der Waals surface area (Å²) in [6.45, 7) is 2.64. The second-order valence-electron chi connectivity index (χ2n) is 5.87. The predicted octanol–water partition coefficient (Wildman–Crippen LogP) is 1.89. The Balaban J connectivity index is 1.67. The minimum atomic E-state index is -3.65. The average molecular weight is 358 g/mol. The molecular formula is C17H18N4O3S. The van der Waals surface area contributed by atoms with Crippen LogP contribution < -0.4 is 4.74 Å². The molecule has 25 heavy (non-hydrogen) atoms. The first-order valence-electron chi connectivity index (χ1n) is 7.94. The number of aromatic nitrogens is 2. The number of hydrogen-bond donors (Lipinski definition) is 0. The quantitative estimate of drug-likeness (QED) is 0.828. The first-order chi connectivity index (χ1) is 12.0. The van der Waals surface area contributed by atoms with E-state index in [2.05, 4.69) is 9.97 Å². The van der Waals surface area contributed by atoms with Gasteiger partial charge in [0.1, 0.15) is 17.1 Å². The summed E-state index contributed by atoms with van der Waals surface area (Å²) in [6.07, 6.45) is 5.39. The zero-order valence-corrected chi connectivity index (χ0v) is 14.6. The third-order valence-electron chi connectivity index (χ3n) is 4.12. The van der Waals surface area contributed by atoms with Crippen molar-refractivity contribution >= 4 is 10.0 Å². The average Bonchev–Trinajstić information content (AvgIpc) is 2.64. The highest BCUT2D eigenvalue weighted by Crippen LogP contribution is 2.24. The molecule has 1 fully saturated rings. The Hall–Kier alpha value is -2.50. The number of rotatable bonds is 4. The molecule has 0 saturated carbocycles. The molecule has 0 N–H and O–H groups in total. The van der Waals surface area contributed by atoms with E-state index >= 15 is 0 Å². The van der Waals surface area contributed by atoms with Gasteiger partial charge in [-0.25, -0.2) is 13.4 Å². The van der Waals surface area contributed by atoms with Crippen LogP contribution in [-0.2, 0) is 10.0 Å². The third-order valence-corrected chi connectivity index (χ3v) is 5.98. The number of nitrogens with zero attached hydrogens (tertiary/aromatic N) is 4. The van der Waals surface area contributed by atoms with Crippen molar-refractivity contribution in [3.05, 3.63) is 47.9 Å². The molecule has 1 aliphatic rings. The van der Waals surface area contributed by atoms with E-state index in [1.807, 2.05) is 25.1 Å². The fourth-order valence-electron chi connectivity index (χ4n) is 2.71. The van der Waals surface area contributed by atoms with Crippen molar-refractivity contribution in [1.29, 1.82) is 5.26 Å². The van der Waals surface area contributed by atoms with Crippen molar-refractivity contribution in [2.75, 3.05) is 13.1 Å². The van der Waals surface area contributed by atoms with Crippen LogP contribution in [0.4, 0.5) is 0 Å². The van der Waals surface area contributed by atoms with Crippen molar-refractivity contribution in [2.24, 2.45) is 0 Å². The first-order valence-corrected chi connectivity index (χ1v) is 9.38. The molecule has 0 aromatic carbocycles. The second-order valence-corrected chi connectivity index (χ2v) is 7.81. The standard InChI is InChI=1S/C17H18N4O3S/c1-13-3-2-6-20-17(13)24-15-4-7-21(8-5-15)25(22,23)16-9-14(10-18)11-19-12-16/h2-3,6,9,11-12,15H,4-5,7-8H2,1H3. The predicted molar refractivity (Wildman–Crippen MR) is 90.3 cm³/mol. The molecule has 1 saturated heterocycles. The number of pyridine rings is 2. The number of hydrogen-bond acceptors (Lipinski definition) is 6. The maximum atomic E-state index is 12.7. The summed E-state index contributed by atoms with van der Waals surface area (Å²) < 4.78 is 32.7. The summed E-state index contributed by atoms with van der Waals surface area (Å²) in [4.78, 5) is 8.10. The summed E-state index contributed by atoms with van der Waals surface area (Å²) in [5.74, 6) is 0.592. The lowest BCUT2D eigenvalue weighted by molar-refractivity contribution is 0.129. The molecule has 0 aliphatic carbocycles. The van der Waals surface area contributed by atoms with E-state index in [0.717, 1.165) is 5.56 Å². The first kappa shape index (κ1) is 17.3. The molecular weight excluding hydrogens is 340 g/mol. The SMILES string of the molecule is Cc1cccnc1OC1CCN(S(=O)(=O)c2cncc(C#N)c2)CC1. The van der Waals surface area contributed by atoms with Crippen LogP contribution in [0.3, 0.4) is 0 Å². The molecule has 3 heterocycles. The lowest BCUT2D eigenvalue weighted by Crippen LogP contribution is -2.41. The largest absolute Gasteiger partial charge is 0.474 e. The summed E-state index contributed by atoms with van der Waals surface area (Å²) in [7, 11) is -3.65. The van der Waals surface area contributed by atoms with Gasteiger partial charge in [-0.2, -0.15) is 9.57 Å². The van der Waals surface area contributed by atoms with E-state index in [4.69, 9.17) is 10.00 Å². The molecule has 0 spiro atoms. The molecule has 2 aromatic heterocycles. The molecule has 0 unspecified atom stereocenters. The van der Waals surface area contributed by atoms with Gasteiger partial charge in [-0.05, 0) is 31.9 Å². The molecule has 3 rings (SSSR count). The normalized spacial score (nSPS) is 16.3. The highest BCUT2D eigenvalue weighted by molar-refractivity contribution is 7.89. The van der Waals surface area contributed by atoms with Crippen molar-refractivity contribution in [2.45, 2.75) is 30.8 Å². The minimum absolute atomic E-state index is 0.0477. The van der Waals surface area contributed by atoms with Gasteiger partial charge in [-0.15, -0.1) is 0 Å². The summed E-state index contributed by atoms with van der Waals surface area (Å²) in [5, 5.41) is 8.91. The van der Waals surface area contributed by atoms with Crippen LogP contribution in [0, 0.1) is 18.3 Å². The van der Waals surface area contributed by atoms with Crippen molar-refractivity contribution in [3.8, 4) is 11.9 Å². The van der Waals surface area contributed by atoms with Crippen LogP contribution in [0.1, 0.15) is 24.0 Å². The van der Waals surface area contributed by atoms with Crippen molar-refractivity contribution in [1.82, 2.24) is 14.3 Å². The fourth-order valence-corrected chi connectivity index (χ4v) is 4.17. The summed E-state index contributed by atoms with van der Waals surface area (Å²) >= 11 is 0. The van der Waals surface area contributed by atoms with Crippen LogP contribution in [0.15, 0.2) is 41.7 Å². The zero-order chi connectivity index (χ0) is 17.9. The third kappa shape index (κ3) is 3.78. The van der Waals surface area contributed by atoms with Gasteiger partial charge >= 0.3 is 0 Å². The molecule has 0 radical (unpaired) electrons. The fraction of sp³-hybridized carbons (Fsp3) is 0.353. The molecule has 7 nitrogen and oxygen atoms in total. The molecule has 0 bridgehead atoms. The highest BCUT2D eigenvalue weighted by Gasteiger charge is 2.30. The number of piperidine rings is 1. The van der Waals surface area contributed by atoms with Crippen LogP contribution >= 0.6 is 0 Å². The van der Waals surface area contributed by atoms with Gasteiger partial charge in [0.2, 0.25) is 15.9 Å². The van der Waals surface area contributed by atoms with Gasteiger partial charge in [-0.3, -0.25) is 4.98 Å². The minimum Gasteiger partial charge on any atom is -0.474 e. The van der Waals surface area contributed by atoms with Crippen molar-refractivity contribution in [3.63, 3.8) is 0 Å². The van der Waals surface area contributed by atoms with Gasteiger partial charge in [0.25, 0.3) is 0 Å². The molecule has 1 aliphatic heterocycles. The Morgan fingerprint density at radius 3 is 2.76 bits per heavy atom. The van der Waals surface area contributed by atoms with Gasteiger partial charge in [0, 0.05) is 37.2 Å². The van der Waals surface area contributed by atoms with Crippen molar-refractivity contribution < 1.29 is 13.2 Å². The van der Waals surface area contributed by atoms with Gasteiger partial charge < -0.3 is 4.74 Å². The Kier molecular flexibility index (Phi) is 4.97. The molecule has 130 valence electrons. The zero-order valence-electron chi connectivity index (χ0n) is 13.8. The highest BCUT2D eigenvalue weighted by atomic mass is 32.2. The van der Waals surface area contributed by atoms with E-state index in [1.165, 1.54) is 22.8 Å². The summed E-state index contributed by atoms with van der Waals surface area (Å²) in [5.41, 5.74) is 1.18. The topological polar surface area (TPSA) is 96.2 Å². The van der Waals surface area contributed by atoms with Gasteiger partial charge in [0.15, 0.2) is 0 Å². The number of nitriles is 1. The monoisotopic (exact) mass is 358 g/mol. The Bertz CT molecular complexity index is 900. The van der Waals surface area contributed by atoms with E-state index in [-0.39, 0.29) is 16.6 Å². The van der Waals surface area contributed by atoms with Gasteiger partial charge in [0.05, 0.1) is 5.56 Å². The Labute approximate surface area is 147 Å². The van der Waals surface area contributed by atoms with Crippen LogP contribution in [0.25, 0.3) is 0 Å². The molecule has 2 aromatic rings. The number of ether oxygens (including phenoxy) is 1. The van der Waals surface area contributed by atoms with E-state index in [0.29, 0.717) is 31.8 Å². The van der Waals surface area contributed by atoms with E-state index < -0.39 is 10.0 Å². The summed E-state index contributed by atoms with van der Waals surface area (Å²) in [6, 6.07) is 7.03. The molecule has 8 heteroatoms. The number of sulfonamides is 1.